The topological polar surface area (TPSA) is 29.9 Å². The first-order valence-corrected chi connectivity index (χ1v) is 4.95. The van der Waals surface area contributed by atoms with Gasteiger partial charge in [0.2, 0.25) is 0 Å². The molecule has 1 heterocycles. The largest absolute Gasteiger partial charge is 0.337 e. The fourth-order valence-corrected chi connectivity index (χ4v) is 1.20. The van der Waals surface area contributed by atoms with E-state index in [1.807, 2.05) is 18.7 Å². The lowest BCUT2D eigenvalue weighted by atomic mass is 10.2. The quantitative estimate of drug-likeness (QED) is 0.674. The zero-order valence-corrected chi connectivity index (χ0v) is 8.53. The Kier molecular flexibility index (Phi) is 4.54. The van der Waals surface area contributed by atoms with E-state index in [9.17, 15) is 0 Å². The summed E-state index contributed by atoms with van der Waals surface area (Å²) < 4.78 is 2.11. The summed E-state index contributed by atoms with van der Waals surface area (Å²) in [7, 11) is 0. The van der Waals surface area contributed by atoms with Crippen molar-refractivity contribution < 1.29 is 0 Å². The van der Waals surface area contributed by atoms with Crippen LogP contribution in [0.5, 0.6) is 0 Å². The summed E-state index contributed by atoms with van der Waals surface area (Å²) in [5.74, 6) is 0.744. The molecule has 0 unspecified atom stereocenters. The molecule has 0 bridgehead atoms. The summed E-state index contributed by atoms with van der Waals surface area (Å²) in [5.41, 5.74) is 0. The summed E-state index contributed by atoms with van der Waals surface area (Å²) in [6.07, 6.45) is 6.86. The molecule has 0 aliphatic heterocycles. The third-order valence-corrected chi connectivity index (χ3v) is 1.88. The molecule has 1 aromatic rings. The third-order valence-electron chi connectivity index (χ3n) is 1.88. The minimum Gasteiger partial charge on any atom is -0.337 e. The SMILES string of the molecule is CC(C)CNCCCn1ccnc1. The van der Waals surface area contributed by atoms with Gasteiger partial charge < -0.3 is 9.88 Å². The smallest absolute Gasteiger partial charge is 0.0945 e. The molecule has 0 aliphatic carbocycles. The summed E-state index contributed by atoms with van der Waals surface area (Å²) in [5, 5.41) is 3.41. The normalized spacial score (nSPS) is 11.0. The molecule has 1 N–H and O–H groups in total. The second-order valence-corrected chi connectivity index (χ2v) is 3.75. The van der Waals surface area contributed by atoms with Gasteiger partial charge in [-0.15, -0.1) is 0 Å². The van der Waals surface area contributed by atoms with Gasteiger partial charge in [0.25, 0.3) is 0 Å². The standard InChI is InChI=1S/C10H19N3/c1-10(2)8-11-4-3-6-13-7-5-12-9-13/h5,7,9-11H,3-4,6,8H2,1-2H3. The van der Waals surface area contributed by atoms with Crippen molar-refractivity contribution in [1.29, 1.82) is 0 Å². The van der Waals surface area contributed by atoms with Crippen LogP contribution >= 0.6 is 0 Å². The lowest BCUT2D eigenvalue weighted by Crippen LogP contribution is -2.21. The maximum atomic E-state index is 3.99. The zero-order valence-electron chi connectivity index (χ0n) is 8.53. The molecule has 0 saturated heterocycles. The molecule has 0 amide bonds. The Morgan fingerprint density at radius 2 is 2.31 bits per heavy atom. The lowest BCUT2D eigenvalue weighted by molar-refractivity contribution is 0.521. The molecule has 0 radical (unpaired) electrons. The van der Waals surface area contributed by atoms with E-state index < -0.39 is 0 Å². The first-order chi connectivity index (χ1) is 6.29. The van der Waals surface area contributed by atoms with Gasteiger partial charge in [-0.1, -0.05) is 13.8 Å². The number of hydrogen-bond acceptors (Lipinski definition) is 2. The van der Waals surface area contributed by atoms with Crippen molar-refractivity contribution in [2.75, 3.05) is 13.1 Å². The fraction of sp³-hybridized carbons (Fsp3) is 0.700. The Morgan fingerprint density at radius 1 is 1.46 bits per heavy atom. The van der Waals surface area contributed by atoms with E-state index in [-0.39, 0.29) is 0 Å². The molecule has 74 valence electrons. The first-order valence-electron chi connectivity index (χ1n) is 4.95. The van der Waals surface area contributed by atoms with Gasteiger partial charge in [0.15, 0.2) is 0 Å². The number of aromatic nitrogens is 2. The third kappa shape index (κ3) is 4.68. The molecule has 3 heteroatoms. The summed E-state index contributed by atoms with van der Waals surface area (Å²) in [4.78, 5) is 3.99. The second-order valence-electron chi connectivity index (χ2n) is 3.75. The van der Waals surface area contributed by atoms with Gasteiger partial charge in [-0.3, -0.25) is 0 Å². The minimum absolute atomic E-state index is 0.744. The highest BCUT2D eigenvalue weighted by atomic mass is 15.0. The van der Waals surface area contributed by atoms with Gasteiger partial charge in [-0.2, -0.15) is 0 Å². The Morgan fingerprint density at radius 3 is 2.92 bits per heavy atom. The molecule has 3 nitrogen and oxygen atoms in total. The van der Waals surface area contributed by atoms with E-state index in [1.54, 1.807) is 0 Å². The second kappa shape index (κ2) is 5.75. The van der Waals surface area contributed by atoms with E-state index in [4.69, 9.17) is 0 Å². The van der Waals surface area contributed by atoms with Crippen molar-refractivity contribution in [1.82, 2.24) is 14.9 Å². The van der Waals surface area contributed by atoms with Crippen molar-refractivity contribution in [3.05, 3.63) is 18.7 Å². The van der Waals surface area contributed by atoms with Crippen molar-refractivity contribution in [3.63, 3.8) is 0 Å². The summed E-state index contributed by atoms with van der Waals surface area (Å²) in [6.45, 7) is 7.72. The average Bonchev–Trinajstić information content (AvgIpc) is 2.55. The Hall–Kier alpha value is -0.830. The van der Waals surface area contributed by atoms with Crippen LogP contribution in [0, 0.1) is 5.92 Å². The van der Waals surface area contributed by atoms with Crippen molar-refractivity contribution in [2.24, 2.45) is 5.92 Å². The number of imidazole rings is 1. The van der Waals surface area contributed by atoms with Gasteiger partial charge in [0.05, 0.1) is 6.33 Å². The number of aryl methyl sites for hydroxylation is 1. The average molecular weight is 181 g/mol. The maximum absolute atomic E-state index is 3.99. The van der Waals surface area contributed by atoms with E-state index in [0.29, 0.717) is 0 Å². The molecule has 0 spiro atoms. The molecule has 1 aromatic heterocycles. The maximum Gasteiger partial charge on any atom is 0.0945 e. The highest BCUT2D eigenvalue weighted by Gasteiger charge is 1.93. The minimum atomic E-state index is 0.744. The first kappa shape index (κ1) is 10.3. The predicted molar refractivity (Wildman–Crippen MR) is 54.6 cm³/mol. The van der Waals surface area contributed by atoms with Crippen LogP contribution < -0.4 is 5.32 Å². The van der Waals surface area contributed by atoms with Gasteiger partial charge >= 0.3 is 0 Å². The van der Waals surface area contributed by atoms with E-state index in [1.165, 1.54) is 6.42 Å². The Balaban J connectivity index is 1.96. The molecule has 0 saturated carbocycles. The van der Waals surface area contributed by atoms with Crippen molar-refractivity contribution >= 4 is 0 Å². The van der Waals surface area contributed by atoms with Crippen LogP contribution in [0.3, 0.4) is 0 Å². The Bertz CT molecular complexity index is 204. The zero-order chi connectivity index (χ0) is 9.52. The van der Waals surface area contributed by atoms with E-state index in [0.717, 1.165) is 25.6 Å². The lowest BCUT2D eigenvalue weighted by Gasteiger charge is -2.07. The van der Waals surface area contributed by atoms with Gasteiger partial charge in [-0.25, -0.2) is 4.98 Å². The fourth-order valence-electron chi connectivity index (χ4n) is 1.20. The van der Waals surface area contributed by atoms with Gasteiger partial charge in [0.1, 0.15) is 0 Å². The van der Waals surface area contributed by atoms with Crippen LogP contribution in [-0.2, 0) is 6.54 Å². The molecule has 1 rings (SSSR count). The van der Waals surface area contributed by atoms with Crippen LogP contribution in [0.1, 0.15) is 20.3 Å². The van der Waals surface area contributed by atoms with Crippen LogP contribution in [0.25, 0.3) is 0 Å². The molecule has 0 fully saturated rings. The molecule has 13 heavy (non-hydrogen) atoms. The number of hydrogen-bond donors (Lipinski definition) is 1. The van der Waals surface area contributed by atoms with Crippen molar-refractivity contribution in [3.8, 4) is 0 Å². The summed E-state index contributed by atoms with van der Waals surface area (Å²) >= 11 is 0. The molecule has 0 atom stereocenters. The van der Waals surface area contributed by atoms with Crippen LogP contribution in [0.2, 0.25) is 0 Å². The number of rotatable bonds is 6. The molecular weight excluding hydrogens is 162 g/mol. The summed E-state index contributed by atoms with van der Waals surface area (Å²) in [6, 6.07) is 0. The van der Waals surface area contributed by atoms with Crippen LogP contribution in [0.4, 0.5) is 0 Å². The monoisotopic (exact) mass is 181 g/mol. The number of nitrogens with one attached hydrogen (secondary N) is 1. The van der Waals surface area contributed by atoms with Crippen molar-refractivity contribution in [2.45, 2.75) is 26.8 Å². The Labute approximate surface area is 80.2 Å². The predicted octanol–water partition coefficient (Wildman–Crippen LogP) is 1.52. The molecular formula is C10H19N3. The highest BCUT2D eigenvalue weighted by molar-refractivity contribution is 4.73. The molecule has 0 aliphatic rings. The van der Waals surface area contributed by atoms with Gasteiger partial charge in [-0.05, 0) is 25.4 Å². The van der Waals surface area contributed by atoms with E-state index in [2.05, 4.69) is 28.7 Å². The highest BCUT2D eigenvalue weighted by Crippen LogP contribution is 1.90. The van der Waals surface area contributed by atoms with Gasteiger partial charge in [0, 0.05) is 18.9 Å². The molecule has 0 aromatic carbocycles. The van der Waals surface area contributed by atoms with Crippen LogP contribution in [0.15, 0.2) is 18.7 Å². The van der Waals surface area contributed by atoms with Crippen LogP contribution in [-0.4, -0.2) is 22.6 Å². The van der Waals surface area contributed by atoms with E-state index >= 15 is 0 Å². The number of nitrogens with zero attached hydrogens (tertiary/aromatic N) is 2.